The molecule has 0 bridgehead atoms. The number of hydrogen-bond acceptors (Lipinski definition) is 3. The first kappa shape index (κ1) is 14.5. The van der Waals surface area contributed by atoms with Gasteiger partial charge in [-0.25, -0.2) is 0 Å². The summed E-state index contributed by atoms with van der Waals surface area (Å²) in [5, 5.41) is 0. The van der Waals surface area contributed by atoms with Crippen molar-refractivity contribution in [3.05, 3.63) is 30.1 Å². The average molecular weight is 287 g/mol. The van der Waals surface area contributed by atoms with E-state index >= 15 is 0 Å². The molecular formula is C17H25N3O. The number of pyridine rings is 1. The largest absolute Gasteiger partial charge is 0.341 e. The van der Waals surface area contributed by atoms with Crippen LogP contribution >= 0.6 is 0 Å². The number of amides is 1. The topological polar surface area (TPSA) is 36.4 Å². The van der Waals surface area contributed by atoms with Crippen molar-refractivity contribution >= 4 is 5.91 Å². The maximum absolute atomic E-state index is 12.2. The number of carbonyl (C=O) groups is 1. The fourth-order valence-electron chi connectivity index (χ4n) is 3.37. The van der Waals surface area contributed by atoms with Crippen molar-refractivity contribution in [3.63, 3.8) is 0 Å². The normalized spacial score (nSPS) is 21.3. The minimum absolute atomic E-state index is 0.347. The number of aromatic nitrogens is 1. The Hall–Kier alpha value is -1.42. The molecule has 2 saturated heterocycles. The van der Waals surface area contributed by atoms with Gasteiger partial charge >= 0.3 is 0 Å². The van der Waals surface area contributed by atoms with Gasteiger partial charge in [0.1, 0.15) is 0 Å². The lowest BCUT2D eigenvalue weighted by Gasteiger charge is -2.40. The molecule has 0 atom stereocenters. The van der Waals surface area contributed by atoms with Crippen molar-refractivity contribution in [2.45, 2.75) is 31.6 Å². The number of nitrogens with zero attached hydrogens (tertiary/aromatic N) is 3. The maximum Gasteiger partial charge on any atom is 0.222 e. The highest BCUT2D eigenvalue weighted by Gasteiger charge is 2.31. The lowest BCUT2D eigenvalue weighted by atomic mass is 9.90. The molecule has 3 heterocycles. The third-order valence-corrected chi connectivity index (χ3v) is 5.02. The lowest BCUT2D eigenvalue weighted by Crippen LogP contribution is -2.48. The summed E-state index contributed by atoms with van der Waals surface area (Å²) in [4.78, 5) is 20.7. The molecule has 0 saturated carbocycles. The average Bonchev–Trinajstić information content (AvgIpc) is 2.46. The zero-order chi connectivity index (χ0) is 14.7. The standard InChI is InChI=1S/C17H25N3O/c1-19-10-6-14(7-11-19)2-3-17(21)20-12-16(13-20)15-4-8-18-9-5-15/h4-5,8-9,14,16H,2-3,6-7,10-13H2,1H3. The lowest BCUT2D eigenvalue weighted by molar-refractivity contribution is -0.136. The van der Waals surface area contributed by atoms with Crippen molar-refractivity contribution in [2.24, 2.45) is 5.92 Å². The Kier molecular flexibility index (Phi) is 4.54. The molecule has 21 heavy (non-hydrogen) atoms. The Labute approximate surface area is 127 Å². The predicted molar refractivity (Wildman–Crippen MR) is 83.0 cm³/mol. The molecule has 114 valence electrons. The molecule has 4 heteroatoms. The first-order valence-electron chi connectivity index (χ1n) is 8.08. The second-order valence-electron chi connectivity index (χ2n) is 6.56. The minimum atomic E-state index is 0.347. The zero-order valence-electron chi connectivity index (χ0n) is 12.9. The monoisotopic (exact) mass is 287 g/mol. The molecule has 1 aromatic rings. The fourth-order valence-corrected chi connectivity index (χ4v) is 3.37. The van der Waals surface area contributed by atoms with E-state index < -0.39 is 0 Å². The first-order valence-corrected chi connectivity index (χ1v) is 8.08. The van der Waals surface area contributed by atoms with Crippen LogP contribution in [0.2, 0.25) is 0 Å². The minimum Gasteiger partial charge on any atom is -0.341 e. The predicted octanol–water partition coefficient (Wildman–Crippen LogP) is 2.13. The van der Waals surface area contributed by atoms with Crippen LogP contribution in [0.25, 0.3) is 0 Å². The Morgan fingerprint density at radius 3 is 2.57 bits per heavy atom. The van der Waals surface area contributed by atoms with Crippen LogP contribution in [-0.2, 0) is 4.79 Å². The molecule has 2 aliphatic heterocycles. The van der Waals surface area contributed by atoms with Crippen LogP contribution in [-0.4, -0.2) is 53.9 Å². The molecule has 4 nitrogen and oxygen atoms in total. The fraction of sp³-hybridized carbons (Fsp3) is 0.647. The van der Waals surface area contributed by atoms with E-state index in [0.29, 0.717) is 11.8 Å². The van der Waals surface area contributed by atoms with Gasteiger partial charge in [-0.3, -0.25) is 9.78 Å². The van der Waals surface area contributed by atoms with Crippen LogP contribution in [0.5, 0.6) is 0 Å². The van der Waals surface area contributed by atoms with Gasteiger partial charge in [0.25, 0.3) is 0 Å². The highest BCUT2D eigenvalue weighted by Crippen LogP contribution is 2.28. The van der Waals surface area contributed by atoms with E-state index in [4.69, 9.17) is 0 Å². The third kappa shape index (κ3) is 3.62. The van der Waals surface area contributed by atoms with Gasteiger partial charge < -0.3 is 9.80 Å². The number of carbonyl (C=O) groups excluding carboxylic acids is 1. The Bertz CT molecular complexity index is 462. The molecule has 0 aromatic carbocycles. The molecule has 1 amide bonds. The third-order valence-electron chi connectivity index (χ3n) is 5.02. The van der Waals surface area contributed by atoms with E-state index in [2.05, 4.69) is 29.1 Å². The van der Waals surface area contributed by atoms with Crippen molar-refractivity contribution in [1.82, 2.24) is 14.8 Å². The summed E-state index contributed by atoms with van der Waals surface area (Å²) in [6, 6.07) is 4.12. The number of rotatable bonds is 4. The second-order valence-corrected chi connectivity index (χ2v) is 6.56. The first-order chi connectivity index (χ1) is 10.2. The summed E-state index contributed by atoms with van der Waals surface area (Å²) < 4.78 is 0. The molecule has 2 fully saturated rings. The van der Waals surface area contributed by atoms with Gasteiger partial charge in [0, 0.05) is 37.8 Å². The van der Waals surface area contributed by atoms with Crippen molar-refractivity contribution in [2.75, 3.05) is 33.2 Å². The maximum atomic E-state index is 12.2. The molecule has 2 aliphatic rings. The zero-order valence-corrected chi connectivity index (χ0v) is 12.9. The van der Waals surface area contributed by atoms with Gasteiger partial charge in [-0.05, 0) is 63.0 Å². The van der Waals surface area contributed by atoms with E-state index in [9.17, 15) is 4.79 Å². The van der Waals surface area contributed by atoms with Crippen molar-refractivity contribution in [3.8, 4) is 0 Å². The molecule has 0 radical (unpaired) electrons. The Morgan fingerprint density at radius 2 is 1.90 bits per heavy atom. The molecule has 0 N–H and O–H groups in total. The molecule has 0 aliphatic carbocycles. The Morgan fingerprint density at radius 1 is 1.24 bits per heavy atom. The highest BCUT2D eigenvalue weighted by atomic mass is 16.2. The SMILES string of the molecule is CN1CCC(CCC(=O)N2CC(c3ccncc3)C2)CC1. The summed E-state index contributed by atoms with van der Waals surface area (Å²) in [7, 11) is 2.18. The molecule has 3 rings (SSSR count). The van der Waals surface area contributed by atoms with Gasteiger partial charge in [0.2, 0.25) is 5.91 Å². The molecular weight excluding hydrogens is 262 g/mol. The molecule has 1 aromatic heterocycles. The van der Waals surface area contributed by atoms with Crippen LogP contribution in [0.3, 0.4) is 0 Å². The van der Waals surface area contributed by atoms with Gasteiger partial charge in [0.05, 0.1) is 0 Å². The van der Waals surface area contributed by atoms with Gasteiger partial charge in [-0.1, -0.05) is 0 Å². The van der Waals surface area contributed by atoms with E-state index in [1.165, 1.54) is 31.5 Å². The van der Waals surface area contributed by atoms with E-state index in [1.54, 1.807) is 0 Å². The van der Waals surface area contributed by atoms with E-state index in [1.807, 2.05) is 17.3 Å². The summed E-state index contributed by atoms with van der Waals surface area (Å²) >= 11 is 0. The van der Waals surface area contributed by atoms with Crippen molar-refractivity contribution in [1.29, 1.82) is 0 Å². The molecule has 0 spiro atoms. The van der Waals surface area contributed by atoms with Crippen LogP contribution in [0, 0.1) is 5.92 Å². The quantitative estimate of drug-likeness (QED) is 0.851. The number of likely N-dealkylation sites (tertiary alicyclic amines) is 2. The van der Waals surface area contributed by atoms with Gasteiger partial charge in [-0.15, -0.1) is 0 Å². The van der Waals surface area contributed by atoms with Gasteiger partial charge in [-0.2, -0.15) is 0 Å². The number of hydrogen-bond donors (Lipinski definition) is 0. The van der Waals surface area contributed by atoms with Crippen LogP contribution < -0.4 is 0 Å². The van der Waals surface area contributed by atoms with Gasteiger partial charge in [0.15, 0.2) is 0 Å². The summed E-state index contributed by atoms with van der Waals surface area (Å²) in [5.74, 6) is 1.61. The summed E-state index contributed by atoms with van der Waals surface area (Å²) in [5.41, 5.74) is 1.31. The summed E-state index contributed by atoms with van der Waals surface area (Å²) in [6.07, 6.45) is 7.98. The van der Waals surface area contributed by atoms with Crippen LogP contribution in [0.15, 0.2) is 24.5 Å². The number of piperidine rings is 1. The molecule has 0 unspecified atom stereocenters. The second kappa shape index (κ2) is 6.56. The Balaban J connectivity index is 1.38. The highest BCUT2D eigenvalue weighted by molar-refractivity contribution is 5.77. The van der Waals surface area contributed by atoms with E-state index in [0.717, 1.165) is 31.8 Å². The smallest absolute Gasteiger partial charge is 0.222 e. The van der Waals surface area contributed by atoms with Crippen LogP contribution in [0.1, 0.15) is 37.2 Å². The summed E-state index contributed by atoms with van der Waals surface area (Å²) in [6.45, 7) is 4.14. The van der Waals surface area contributed by atoms with E-state index in [-0.39, 0.29) is 0 Å². The van der Waals surface area contributed by atoms with Crippen molar-refractivity contribution < 1.29 is 4.79 Å². The van der Waals surface area contributed by atoms with Crippen LogP contribution in [0.4, 0.5) is 0 Å².